The van der Waals surface area contributed by atoms with Gasteiger partial charge in [-0.3, -0.25) is 13.9 Å². The monoisotopic (exact) mass is 561 g/mol. The average Bonchev–Trinajstić information content (AvgIpc) is 2.85. The van der Waals surface area contributed by atoms with E-state index >= 15 is 0 Å². The molecule has 0 unspecified atom stereocenters. The van der Waals surface area contributed by atoms with Gasteiger partial charge in [0.15, 0.2) is 0 Å². The summed E-state index contributed by atoms with van der Waals surface area (Å²) in [6, 6.07) is 20.4. The number of carbonyl (C=O) groups excluding carboxylic acids is 2. The topological polar surface area (TPSA) is 86.8 Å². The first-order valence-electron chi connectivity index (χ1n) is 11.5. The fraction of sp³-hybridized carbons (Fsp3) is 0.259. The highest BCUT2D eigenvalue weighted by molar-refractivity contribution is 7.92. The molecule has 3 aromatic carbocycles. The van der Waals surface area contributed by atoms with Crippen LogP contribution in [0.25, 0.3) is 0 Å². The molecular weight excluding hydrogens is 533 g/mol. The van der Waals surface area contributed by atoms with Crippen LogP contribution in [0.1, 0.15) is 16.7 Å². The van der Waals surface area contributed by atoms with E-state index in [9.17, 15) is 18.0 Å². The van der Waals surface area contributed by atoms with Crippen molar-refractivity contribution in [1.29, 1.82) is 0 Å². The molecule has 0 heterocycles. The predicted octanol–water partition coefficient (Wildman–Crippen LogP) is 4.45. The molecule has 0 aliphatic carbocycles. The van der Waals surface area contributed by atoms with Gasteiger partial charge in [-0.25, -0.2) is 8.42 Å². The molecule has 0 radical (unpaired) electrons. The van der Waals surface area contributed by atoms with Crippen LogP contribution in [-0.4, -0.2) is 51.0 Å². The normalized spacial score (nSPS) is 12.0. The SMILES string of the molecule is CNC(=O)[C@H](Cc1ccccc1)N(Cc1cccc(C)c1)C(=O)CN(c1cc(Cl)ccc1Cl)S(C)(=O)=O. The maximum absolute atomic E-state index is 13.9. The molecule has 10 heteroatoms. The fourth-order valence-electron chi connectivity index (χ4n) is 4.00. The van der Waals surface area contributed by atoms with Gasteiger partial charge in [-0.1, -0.05) is 83.4 Å². The van der Waals surface area contributed by atoms with Crippen LogP contribution in [-0.2, 0) is 32.6 Å². The molecule has 3 rings (SSSR count). The number of rotatable bonds is 10. The largest absolute Gasteiger partial charge is 0.357 e. The maximum Gasteiger partial charge on any atom is 0.244 e. The van der Waals surface area contributed by atoms with E-state index in [0.717, 1.165) is 27.3 Å². The van der Waals surface area contributed by atoms with Crippen LogP contribution in [0.2, 0.25) is 10.0 Å². The number of nitrogens with one attached hydrogen (secondary N) is 1. The fourth-order valence-corrected chi connectivity index (χ4v) is 5.29. The molecule has 0 spiro atoms. The van der Waals surface area contributed by atoms with E-state index in [1.807, 2.05) is 61.5 Å². The van der Waals surface area contributed by atoms with Crippen molar-refractivity contribution in [2.24, 2.45) is 0 Å². The second-order valence-corrected chi connectivity index (χ2v) is 11.4. The van der Waals surface area contributed by atoms with E-state index in [4.69, 9.17) is 23.2 Å². The Morgan fingerprint density at radius 2 is 1.62 bits per heavy atom. The molecule has 0 bridgehead atoms. The molecule has 0 aromatic heterocycles. The third-order valence-electron chi connectivity index (χ3n) is 5.81. The van der Waals surface area contributed by atoms with Crippen LogP contribution in [0.3, 0.4) is 0 Å². The predicted molar refractivity (Wildman–Crippen MR) is 148 cm³/mol. The zero-order valence-corrected chi connectivity index (χ0v) is 23.1. The summed E-state index contributed by atoms with van der Waals surface area (Å²) in [4.78, 5) is 28.4. The Morgan fingerprint density at radius 1 is 0.946 bits per heavy atom. The Balaban J connectivity index is 2.06. The number of benzene rings is 3. The van der Waals surface area contributed by atoms with E-state index in [1.165, 1.54) is 30.1 Å². The Morgan fingerprint density at radius 3 is 2.24 bits per heavy atom. The zero-order valence-electron chi connectivity index (χ0n) is 20.8. The molecule has 0 saturated heterocycles. The van der Waals surface area contributed by atoms with E-state index < -0.39 is 28.5 Å². The minimum absolute atomic E-state index is 0.0834. The van der Waals surface area contributed by atoms with Crippen molar-refractivity contribution in [1.82, 2.24) is 10.2 Å². The van der Waals surface area contributed by atoms with Crippen molar-refractivity contribution in [3.05, 3.63) is 99.5 Å². The van der Waals surface area contributed by atoms with Crippen molar-refractivity contribution in [2.45, 2.75) is 25.9 Å². The second-order valence-electron chi connectivity index (χ2n) is 8.70. The molecule has 37 heavy (non-hydrogen) atoms. The van der Waals surface area contributed by atoms with E-state index in [2.05, 4.69) is 5.32 Å². The summed E-state index contributed by atoms with van der Waals surface area (Å²) < 4.78 is 26.5. The summed E-state index contributed by atoms with van der Waals surface area (Å²) in [6.07, 6.45) is 1.23. The third kappa shape index (κ3) is 7.71. The van der Waals surface area contributed by atoms with Gasteiger partial charge in [0.05, 0.1) is 17.0 Å². The van der Waals surface area contributed by atoms with Crippen molar-refractivity contribution < 1.29 is 18.0 Å². The Hall–Kier alpha value is -3.07. The average molecular weight is 563 g/mol. The van der Waals surface area contributed by atoms with Gasteiger partial charge in [0, 0.05) is 25.0 Å². The number of sulfonamides is 1. The van der Waals surface area contributed by atoms with Gasteiger partial charge < -0.3 is 10.2 Å². The van der Waals surface area contributed by atoms with Crippen molar-refractivity contribution in [2.75, 3.05) is 24.2 Å². The minimum Gasteiger partial charge on any atom is -0.357 e. The number of halogens is 2. The first-order chi connectivity index (χ1) is 17.5. The summed E-state index contributed by atoms with van der Waals surface area (Å²) in [6.45, 7) is 1.47. The van der Waals surface area contributed by atoms with Crippen molar-refractivity contribution >= 4 is 50.7 Å². The van der Waals surface area contributed by atoms with Crippen LogP contribution < -0.4 is 9.62 Å². The molecule has 196 valence electrons. The van der Waals surface area contributed by atoms with Gasteiger partial charge in [-0.05, 0) is 36.2 Å². The lowest BCUT2D eigenvalue weighted by molar-refractivity contribution is -0.139. The van der Waals surface area contributed by atoms with Gasteiger partial charge in [-0.2, -0.15) is 0 Å². The molecular formula is C27H29Cl2N3O4S. The standard InChI is InChI=1S/C27H29Cl2N3O4S/c1-19-8-7-11-21(14-19)17-31(25(27(34)30-2)15-20-9-5-4-6-10-20)26(33)18-32(37(3,35)36)24-16-22(28)12-13-23(24)29/h4-14,16,25H,15,17-18H2,1-3H3,(H,30,34)/t25-/m0/s1. The Labute approximate surface area is 228 Å². The van der Waals surface area contributed by atoms with Crippen LogP contribution in [0, 0.1) is 6.92 Å². The molecule has 1 N–H and O–H groups in total. The smallest absolute Gasteiger partial charge is 0.244 e. The summed E-state index contributed by atoms with van der Waals surface area (Å²) in [5, 5.41) is 3.04. The first kappa shape index (κ1) is 28.5. The Kier molecular flexibility index (Phi) is 9.59. The highest BCUT2D eigenvalue weighted by Crippen LogP contribution is 2.31. The molecule has 7 nitrogen and oxygen atoms in total. The molecule has 0 aliphatic heterocycles. The highest BCUT2D eigenvalue weighted by atomic mass is 35.5. The third-order valence-corrected chi connectivity index (χ3v) is 7.49. The van der Waals surface area contributed by atoms with Gasteiger partial charge >= 0.3 is 0 Å². The molecule has 2 amide bonds. The summed E-state index contributed by atoms with van der Waals surface area (Å²) in [5.74, 6) is -0.927. The minimum atomic E-state index is -3.93. The van der Waals surface area contributed by atoms with E-state index in [0.29, 0.717) is 0 Å². The van der Waals surface area contributed by atoms with Gasteiger partial charge in [0.2, 0.25) is 21.8 Å². The first-order valence-corrected chi connectivity index (χ1v) is 14.1. The Bertz CT molecular complexity index is 1370. The lowest BCUT2D eigenvalue weighted by atomic mass is 10.0. The number of likely N-dealkylation sites (N-methyl/N-ethyl adjacent to an activating group) is 1. The van der Waals surface area contributed by atoms with E-state index in [1.54, 1.807) is 0 Å². The molecule has 0 saturated carbocycles. The molecule has 0 fully saturated rings. The zero-order chi connectivity index (χ0) is 27.2. The van der Waals surface area contributed by atoms with Crippen molar-refractivity contribution in [3.8, 4) is 0 Å². The molecule has 0 aliphatic rings. The summed E-state index contributed by atoms with van der Waals surface area (Å²) in [5.41, 5.74) is 2.74. The number of anilines is 1. The van der Waals surface area contributed by atoms with Gasteiger partial charge in [0.25, 0.3) is 0 Å². The lowest BCUT2D eigenvalue weighted by Gasteiger charge is -2.33. The van der Waals surface area contributed by atoms with Gasteiger partial charge in [0.1, 0.15) is 12.6 Å². The second kappa shape index (κ2) is 12.4. The maximum atomic E-state index is 13.9. The van der Waals surface area contributed by atoms with Crippen molar-refractivity contribution in [3.63, 3.8) is 0 Å². The summed E-state index contributed by atoms with van der Waals surface area (Å²) in [7, 11) is -2.43. The molecule has 1 atom stereocenters. The van der Waals surface area contributed by atoms with Crippen LogP contribution in [0.4, 0.5) is 5.69 Å². The van der Waals surface area contributed by atoms with Crippen LogP contribution in [0.15, 0.2) is 72.8 Å². The molecule has 3 aromatic rings. The number of aryl methyl sites for hydroxylation is 1. The van der Waals surface area contributed by atoms with Gasteiger partial charge in [-0.15, -0.1) is 0 Å². The number of hydrogen-bond acceptors (Lipinski definition) is 4. The lowest BCUT2D eigenvalue weighted by Crippen LogP contribution is -2.52. The van der Waals surface area contributed by atoms with E-state index in [-0.39, 0.29) is 34.6 Å². The number of nitrogens with zero attached hydrogens (tertiary/aromatic N) is 2. The quantitative estimate of drug-likeness (QED) is 0.396. The summed E-state index contributed by atoms with van der Waals surface area (Å²) >= 11 is 12.4. The van der Waals surface area contributed by atoms with Crippen LogP contribution in [0.5, 0.6) is 0 Å². The highest BCUT2D eigenvalue weighted by Gasteiger charge is 2.33. The number of amides is 2. The van der Waals surface area contributed by atoms with Crippen LogP contribution >= 0.6 is 23.2 Å². The number of carbonyl (C=O) groups is 2. The number of hydrogen-bond donors (Lipinski definition) is 1.